The van der Waals surface area contributed by atoms with Crippen molar-refractivity contribution in [3.8, 4) is 11.5 Å². The first-order chi connectivity index (χ1) is 19.1. The molecule has 9 heteroatoms. The molecule has 0 saturated carbocycles. The van der Waals surface area contributed by atoms with Gasteiger partial charge in [-0.2, -0.15) is 4.98 Å². The Morgan fingerprint density at radius 1 is 0.875 bits per heavy atom. The molecule has 3 aromatic carbocycles. The number of hydrogen-bond donors (Lipinski definition) is 1. The lowest BCUT2D eigenvalue weighted by atomic mass is 10.1. The van der Waals surface area contributed by atoms with Gasteiger partial charge in [0.2, 0.25) is 14.3 Å². The topological polar surface area (TPSA) is 79.8 Å². The van der Waals surface area contributed by atoms with Crippen molar-refractivity contribution >= 4 is 43.2 Å². The monoisotopic (exact) mass is 553 g/mol. The summed E-state index contributed by atoms with van der Waals surface area (Å²) in [5.74, 6) is 2.54. The van der Waals surface area contributed by atoms with Crippen molar-refractivity contribution in [2.45, 2.75) is 45.4 Å². The molecule has 0 fully saturated rings. The van der Waals surface area contributed by atoms with E-state index in [2.05, 4.69) is 44.2 Å². The Kier molecular flexibility index (Phi) is 7.24. The molecule has 8 nitrogen and oxygen atoms in total. The molecular weight excluding hydrogens is 518 g/mol. The summed E-state index contributed by atoms with van der Waals surface area (Å²) in [6.07, 6.45) is 1.78. The van der Waals surface area contributed by atoms with Crippen LogP contribution in [0.3, 0.4) is 0 Å². The van der Waals surface area contributed by atoms with Gasteiger partial charge in [0.05, 0.1) is 19.3 Å². The highest BCUT2D eigenvalue weighted by Gasteiger charge is 2.39. The SMILES string of the molecule is COc1ccc(N2Cc3cnc(Nc4ccc(O[Si](C)(C)C(C)(C)C)cc4)nc3N(c3ccccc3)C2=O)cc1. The molecule has 0 atom stereocenters. The first kappa shape index (κ1) is 27.2. The molecule has 1 N–H and O–H groups in total. The number of para-hydroxylation sites is 1. The summed E-state index contributed by atoms with van der Waals surface area (Å²) in [7, 11) is -0.308. The van der Waals surface area contributed by atoms with Crippen molar-refractivity contribution < 1.29 is 14.0 Å². The van der Waals surface area contributed by atoms with E-state index < -0.39 is 8.32 Å². The van der Waals surface area contributed by atoms with Crippen molar-refractivity contribution in [3.05, 3.63) is 90.6 Å². The van der Waals surface area contributed by atoms with E-state index in [-0.39, 0.29) is 11.1 Å². The van der Waals surface area contributed by atoms with E-state index in [9.17, 15) is 4.79 Å². The van der Waals surface area contributed by atoms with Crippen LogP contribution in [0.15, 0.2) is 85.1 Å². The Bertz CT molecular complexity index is 1490. The molecule has 0 aliphatic carbocycles. The van der Waals surface area contributed by atoms with Gasteiger partial charge in [0.15, 0.2) is 5.82 Å². The van der Waals surface area contributed by atoms with Crippen LogP contribution >= 0.6 is 0 Å². The molecule has 206 valence electrons. The number of carbonyl (C=O) groups excluding carboxylic acids is 1. The number of urea groups is 1. The van der Waals surface area contributed by atoms with Gasteiger partial charge in [0, 0.05) is 23.1 Å². The molecule has 0 bridgehead atoms. The molecule has 5 rings (SSSR count). The minimum absolute atomic E-state index is 0.117. The van der Waals surface area contributed by atoms with Crippen LogP contribution in [0, 0.1) is 0 Å². The Labute approximate surface area is 236 Å². The van der Waals surface area contributed by atoms with Crippen LogP contribution in [0.5, 0.6) is 11.5 Å². The van der Waals surface area contributed by atoms with E-state index in [0.717, 1.165) is 34.1 Å². The van der Waals surface area contributed by atoms with Gasteiger partial charge in [-0.1, -0.05) is 39.0 Å². The largest absolute Gasteiger partial charge is 0.544 e. The fraction of sp³-hybridized carbons (Fsp3) is 0.258. The smallest absolute Gasteiger partial charge is 0.335 e. The van der Waals surface area contributed by atoms with E-state index in [0.29, 0.717) is 18.3 Å². The molecule has 0 spiro atoms. The second kappa shape index (κ2) is 10.7. The van der Waals surface area contributed by atoms with Crippen molar-refractivity contribution in [1.29, 1.82) is 0 Å². The summed E-state index contributed by atoms with van der Waals surface area (Å²) in [4.78, 5) is 26.6. The second-order valence-electron chi connectivity index (χ2n) is 11.3. The Morgan fingerprint density at radius 2 is 1.52 bits per heavy atom. The number of rotatable bonds is 7. The lowest BCUT2D eigenvalue weighted by Crippen LogP contribution is -2.45. The summed E-state index contributed by atoms with van der Waals surface area (Å²) in [6, 6.07) is 24.6. The molecule has 0 unspecified atom stereocenters. The van der Waals surface area contributed by atoms with Gasteiger partial charge in [0.25, 0.3) is 0 Å². The maximum Gasteiger partial charge on any atom is 0.335 e. The number of nitrogens with zero attached hydrogens (tertiary/aromatic N) is 4. The maximum atomic E-state index is 13.9. The fourth-order valence-corrected chi connectivity index (χ4v) is 5.20. The average Bonchev–Trinajstić information content (AvgIpc) is 2.93. The van der Waals surface area contributed by atoms with E-state index in [4.69, 9.17) is 14.1 Å². The zero-order valence-corrected chi connectivity index (χ0v) is 24.8. The van der Waals surface area contributed by atoms with E-state index in [1.54, 1.807) is 23.1 Å². The number of fused-ring (bicyclic) bond motifs is 1. The lowest BCUT2D eigenvalue weighted by molar-refractivity contribution is 0.252. The third-order valence-electron chi connectivity index (χ3n) is 7.49. The summed E-state index contributed by atoms with van der Waals surface area (Å²) in [5, 5.41) is 3.40. The van der Waals surface area contributed by atoms with Crippen LogP contribution in [0.4, 0.5) is 33.6 Å². The molecule has 1 aliphatic rings. The molecular formula is C31H35N5O3Si. The number of ether oxygens (including phenoxy) is 1. The molecule has 0 saturated heterocycles. The predicted octanol–water partition coefficient (Wildman–Crippen LogP) is 7.89. The van der Waals surface area contributed by atoms with Gasteiger partial charge in [-0.3, -0.25) is 4.90 Å². The third-order valence-corrected chi connectivity index (χ3v) is 11.9. The zero-order chi connectivity index (χ0) is 28.5. The second-order valence-corrected chi connectivity index (χ2v) is 16.0. The number of benzene rings is 3. The van der Waals surface area contributed by atoms with Crippen LogP contribution in [0.2, 0.25) is 18.1 Å². The van der Waals surface area contributed by atoms with Gasteiger partial charge in [-0.25, -0.2) is 14.7 Å². The Morgan fingerprint density at radius 3 is 2.15 bits per heavy atom. The minimum atomic E-state index is -1.93. The summed E-state index contributed by atoms with van der Waals surface area (Å²) in [5.41, 5.74) is 3.15. The van der Waals surface area contributed by atoms with Gasteiger partial charge in [-0.05, 0) is 78.8 Å². The maximum absolute atomic E-state index is 13.9. The van der Waals surface area contributed by atoms with Crippen molar-refractivity contribution in [2.24, 2.45) is 0 Å². The number of methoxy groups -OCH3 is 1. The lowest BCUT2D eigenvalue weighted by Gasteiger charge is -2.36. The molecule has 2 amide bonds. The summed E-state index contributed by atoms with van der Waals surface area (Å²) >= 11 is 0. The molecule has 0 radical (unpaired) electrons. The number of nitrogens with one attached hydrogen (secondary N) is 1. The van der Waals surface area contributed by atoms with Crippen molar-refractivity contribution in [1.82, 2.24) is 9.97 Å². The van der Waals surface area contributed by atoms with Gasteiger partial charge >= 0.3 is 6.03 Å². The Balaban J connectivity index is 1.43. The molecule has 40 heavy (non-hydrogen) atoms. The number of carbonyl (C=O) groups is 1. The zero-order valence-electron chi connectivity index (χ0n) is 23.8. The minimum Gasteiger partial charge on any atom is -0.544 e. The van der Waals surface area contributed by atoms with E-state index in [1.165, 1.54) is 0 Å². The highest BCUT2D eigenvalue weighted by Crippen LogP contribution is 2.38. The average molecular weight is 554 g/mol. The third kappa shape index (κ3) is 5.51. The normalized spacial score (nSPS) is 13.6. The molecule has 1 aliphatic heterocycles. The predicted molar refractivity (Wildman–Crippen MR) is 163 cm³/mol. The van der Waals surface area contributed by atoms with Crippen LogP contribution in [0.25, 0.3) is 0 Å². The van der Waals surface area contributed by atoms with E-state index in [1.807, 2.05) is 78.9 Å². The van der Waals surface area contributed by atoms with Crippen LogP contribution in [-0.4, -0.2) is 31.4 Å². The van der Waals surface area contributed by atoms with Gasteiger partial charge in [0.1, 0.15) is 11.5 Å². The number of anilines is 5. The van der Waals surface area contributed by atoms with Crippen LogP contribution < -0.4 is 24.3 Å². The van der Waals surface area contributed by atoms with Crippen molar-refractivity contribution in [3.63, 3.8) is 0 Å². The van der Waals surface area contributed by atoms with Crippen molar-refractivity contribution in [2.75, 3.05) is 22.2 Å². The first-order valence-electron chi connectivity index (χ1n) is 13.3. The number of aromatic nitrogens is 2. The van der Waals surface area contributed by atoms with Gasteiger partial charge < -0.3 is 14.5 Å². The molecule has 1 aromatic heterocycles. The number of amides is 2. The summed E-state index contributed by atoms with van der Waals surface area (Å²) < 4.78 is 11.7. The highest BCUT2D eigenvalue weighted by molar-refractivity contribution is 6.74. The quantitative estimate of drug-likeness (QED) is 0.234. The molecule has 2 heterocycles. The highest BCUT2D eigenvalue weighted by atomic mass is 28.4. The molecule has 4 aromatic rings. The van der Waals surface area contributed by atoms with E-state index >= 15 is 0 Å². The summed E-state index contributed by atoms with van der Waals surface area (Å²) in [6.45, 7) is 11.5. The fourth-order valence-electron chi connectivity index (χ4n) is 4.17. The standard InChI is InChI=1S/C31H35N5O3Si/c1-31(2,3)40(5,6)39-27-16-12-23(13-17-27)33-29-32-20-22-21-35(24-14-18-26(38-4)19-15-24)30(37)36(28(22)34-29)25-10-8-7-9-11-25/h7-20H,21H2,1-6H3,(H,32,33,34). The van der Waals surface area contributed by atoms with Gasteiger partial charge in [-0.15, -0.1) is 0 Å². The Hall–Kier alpha value is -4.37. The van der Waals surface area contributed by atoms with Crippen LogP contribution in [-0.2, 0) is 6.54 Å². The number of hydrogen-bond acceptors (Lipinski definition) is 6. The van der Waals surface area contributed by atoms with Crippen LogP contribution in [0.1, 0.15) is 26.3 Å². The first-order valence-corrected chi connectivity index (χ1v) is 16.2.